The van der Waals surface area contributed by atoms with Gasteiger partial charge in [-0.25, -0.2) is 4.98 Å². The van der Waals surface area contributed by atoms with E-state index in [1.54, 1.807) is 16.0 Å². The molecule has 1 aromatic carbocycles. The number of benzene rings is 1. The number of nitrogens with zero attached hydrogens (tertiary/aromatic N) is 5. The predicted molar refractivity (Wildman–Crippen MR) is 98.7 cm³/mol. The van der Waals surface area contributed by atoms with Gasteiger partial charge in [0.15, 0.2) is 5.69 Å². The van der Waals surface area contributed by atoms with Crippen molar-refractivity contribution in [3.8, 4) is 0 Å². The minimum Gasteiger partial charge on any atom is -0.335 e. The Morgan fingerprint density at radius 1 is 1.20 bits per heavy atom. The van der Waals surface area contributed by atoms with Gasteiger partial charge < -0.3 is 4.90 Å². The predicted octanol–water partition coefficient (Wildman–Crippen LogP) is 2.30. The van der Waals surface area contributed by atoms with Gasteiger partial charge in [0.25, 0.3) is 5.91 Å². The third kappa shape index (κ3) is 3.17. The van der Waals surface area contributed by atoms with Gasteiger partial charge in [-0.1, -0.05) is 18.2 Å². The molecule has 0 unspecified atom stereocenters. The van der Waals surface area contributed by atoms with Crippen LogP contribution in [-0.4, -0.2) is 56.7 Å². The van der Waals surface area contributed by atoms with E-state index < -0.39 is 0 Å². The standard InChI is InChI=1S/C18H21N5OS/c1-13-11-19-16(25-13)12-22-7-9-23(10-8-22)18(24)17-14-5-3-4-6-15(14)21(2)20-17/h3-6,11H,7-10,12H2,1-2H3. The topological polar surface area (TPSA) is 54.3 Å². The van der Waals surface area contributed by atoms with Crippen LogP contribution in [-0.2, 0) is 13.6 Å². The molecule has 0 radical (unpaired) electrons. The fourth-order valence-corrected chi connectivity index (χ4v) is 4.13. The number of thiazole rings is 1. The Morgan fingerprint density at radius 3 is 2.68 bits per heavy atom. The summed E-state index contributed by atoms with van der Waals surface area (Å²) in [4.78, 5) is 22.9. The molecule has 1 aliphatic heterocycles. The summed E-state index contributed by atoms with van der Waals surface area (Å²) in [5, 5.41) is 6.53. The highest BCUT2D eigenvalue weighted by Gasteiger charge is 2.26. The second-order valence-corrected chi connectivity index (χ2v) is 7.74. The molecule has 0 saturated carbocycles. The number of para-hydroxylation sites is 1. The van der Waals surface area contributed by atoms with Gasteiger partial charge in [0.05, 0.1) is 12.1 Å². The SMILES string of the molecule is Cc1cnc(CN2CCN(C(=O)c3nn(C)c4ccccc34)CC2)s1. The molecule has 2 aromatic heterocycles. The average molecular weight is 355 g/mol. The largest absolute Gasteiger partial charge is 0.335 e. The lowest BCUT2D eigenvalue weighted by molar-refractivity contribution is 0.0623. The quantitative estimate of drug-likeness (QED) is 0.723. The van der Waals surface area contributed by atoms with Crippen LogP contribution in [0.5, 0.6) is 0 Å². The fraction of sp³-hybridized carbons (Fsp3) is 0.389. The number of hydrogen-bond donors (Lipinski definition) is 0. The van der Waals surface area contributed by atoms with Crippen molar-refractivity contribution < 1.29 is 4.79 Å². The zero-order chi connectivity index (χ0) is 17.4. The van der Waals surface area contributed by atoms with Gasteiger partial charge in [0, 0.05) is 49.7 Å². The molecule has 25 heavy (non-hydrogen) atoms. The normalized spacial score (nSPS) is 15.8. The summed E-state index contributed by atoms with van der Waals surface area (Å²) < 4.78 is 1.78. The number of amides is 1. The lowest BCUT2D eigenvalue weighted by atomic mass is 10.2. The van der Waals surface area contributed by atoms with Crippen LogP contribution in [0.2, 0.25) is 0 Å². The van der Waals surface area contributed by atoms with E-state index >= 15 is 0 Å². The van der Waals surface area contributed by atoms with Crippen molar-refractivity contribution in [3.63, 3.8) is 0 Å². The summed E-state index contributed by atoms with van der Waals surface area (Å²) in [7, 11) is 1.88. The lowest BCUT2D eigenvalue weighted by Gasteiger charge is -2.33. The number of aryl methyl sites for hydroxylation is 2. The van der Waals surface area contributed by atoms with E-state index in [-0.39, 0.29) is 5.91 Å². The molecule has 0 atom stereocenters. The number of aromatic nitrogens is 3. The van der Waals surface area contributed by atoms with Crippen molar-refractivity contribution in [2.24, 2.45) is 7.05 Å². The van der Waals surface area contributed by atoms with Gasteiger partial charge in [-0.05, 0) is 13.0 Å². The van der Waals surface area contributed by atoms with Gasteiger partial charge >= 0.3 is 0 Å². The summed E-state index contributed by atoms with van der Waals surface area (Å²) in [5.74, 6) is 0.0292. The van der Waals surface area contributed by atoms with Crippen molar-refractivity contribution in [3.05, 3.63) is 46.0 Å². The maximum atomic E-state index is 12.9. The first-order valence-electron chi connectivity index (χ1n) is 8.46. The Bertz CT molecular complexity index is 907. The first-order chi connectivity index (χ1) is 12.1. The highest BCUT2D eigenvalue weighted by Crippen LogP contribution is 2.20. The average Bonchev–Trinajstić information content (AvgIpc) is 3.19. The van der Waals surface area contributed by atoms with Gasteiger partial charge in [-0.3, -0.25) is 14.4 Å². The maximum Gasteiger partial charge on any atom is 0.275 e. The number of piperazine rings is 1. The highest BCUT2D eigenvalue weighted by molar-refractivity contribution is 7.11. The smallest absolute Gasteiger partial charge is 0.275 e. The molecule has 0 bridgehead atoms. The third-order valence-corrected chi connectivity index (χ3v) is 5.55. The molecule has 3 heterocycles. The molecule has 1 saturated heterocycles. The molecule has 1 aliphatic rings. The summed E-state index contributed by atoms with van der Waals surface area (Å²) in [6.07, 6.45) is 1.92. The number of rotatable bonds is 3. The van der Waals surface area contributed by atoms with Crippen molar-refractivity contribution in [1.29, 1.82) is 0 Å². The zero-order valence-electron chi connectivity index (χ0n) is 14.5. The van der Waals surface area contributed by atoms with Crippen LogP contribution >= 0.6 is 11.3 Å². The van der Waals surface area contributed by atoms with E-state index in [1.165, 1.54) is 4.88 Å². The molecule has 1 amide bonds. The van der Waals surface area contributed by atoms with Gasteiger partial charge in [-0.15, -0.1) is 11.3 Å². The molecule has 6 nitrogen and oxygen atoms in total. The van der Waals surface area contributed by atoms with E-state index in [1.807, 2.05) is 42.4 Å². The second-order valence-electron chi connectivity index (χ2n) is 6.42. The molecule has 7 heteroatoms. The minimum atomic E-state index is 0.0292. The van der Waals surface area contributed by atoms with Crippen molar-refractivity contribution in [1.82, 2.24) is 24.6 Å². The van der Waals surface area contributed by atoms with E-state index in [9.17, 15) is 4.79 Å². The molecular formula is C18H21N5OS. The Balaban J connectivity index is 1.44. The third-order valence-electron chi connectivity index (χ3n) is 4.65. The number of carbonyl (C=O) groups is 1. The summed E-state index contributed by atoms with van der Waals surface area (Å²) in [6.45, 7) is 6.15. The van der Waals surface area contributed by atoms with Crippen LogP contribution in [0.15, 0.2) is 30.5 Å². The van der Waals surface area contributed by atoms with Gasteiger partial charge in [0.2, 0.25) is 0 Å². The molecule has 130 valence electrons. The summed E-state index contributed by atoms with van der Waals surface area (Å²) >= 11 is 1.74. The number of carbonyl (C=O) groups excluding carboxylic acids is 1. The molecule has 0 aliphatic carbocycles. The Kier molecular flexibility index (Phi) is 4.27. The Morgan fingerprint density at radius 2 is 1.96 bits per heavy atom. The first kappa shape index (κ1) is 16.2. The second kappa shape index (κ2) is 6.57. The van der Waals surface area contributed by atoms with E-state index in [4.69, 9.17) is 0 Å². The van der Waals surface area contributed by atoms with Crippen molar-refractivity contribution in [2.75, 3.05) is 26.2 Å². The number of hydrogen-bond acceptors (Lipinski definition) is 5. The van der Waals surface area contributed by atoms with Gasteiger partial charge in [0.1, 0.15) is 5.01 Å². The molecule has 0 spiro atoms. The zero-order valence-corrected chi connectivity index (χ0v) is 15.3. The van der Waals surface area contributed by atoms with E-state index in [2.05, 4.69) is 21.9 Å². The monoisotopic (exact) mass is 355 g/mol. The van der Waals surface area contributed by atoms with Crippen LogP contribution in [0.3, 0.4) is 0 Å². The first-order valence-corrected chi connectivity index (χ1v) is 9.28. The van der Waals surface area contributed by atoms with Crippen LogP contribution < -0.4 is 0 Å². The Labute approximate surface area is 150 Å². The lowest BCUT2D eigenvalue weighted by Crippen LogP contribution is -2.48. The van der Waals surface area contributed by atoms with Crippen LogP contribution in [0.25, 0.3) is 10.9 Å². The molecule has 1 fully saturated rings. The van der Waals surface area contributed by atoms with Crippen LogP contribution in [0.4, 0.5) is 0 Å². The van der Waals surface area contributed by atoms with E-state index in [0.29, 0.717) is 5.69 Å². The minimum absolute atomic E-state index is 0.0292. The molecule has 3 aromatic rings. The highest BCUT2D eigenvalue weighted by atomic mass is 32.1. The van der Waals surface area contributed by atoms with E-state index in [0.717, 1.165) is 48.6 Å². The summed E-state index contributed by atoms with van der Waals surface area (Å²) in [6, 6.07) is 7.88. The molecular weight excluding hydrogens is 334 g/mol. The van der Waals surface area contributed by atoms with Crippen LogP contribution in [0, 0.1) is 6.92 Å². The summed E-state index contributed by atoms with van der Waals surface area (Å²) in [5.41, 5.74) is 1.55. The number of fused-ring (bicyclic) bond motifs is 1. The van der Waals surface area contributed by atoms with Crippen LogP contribution in [0.1, 0.15) is 20.4 Å². The fourth-order valence-electron chi connectivity index (χ4n) is 3.30. The van der Waals surface area contributed by atoms with Crippen molar-refractivity contribution in [2.45, 2.75) is 13.5 Å². The Hall–Kier alpha value is -2.25. The van der Waals surface area contributed by atoms with Gasteiger partial charge in [-0.2, -0.15) is 5.10 Å². The molecule has 0 N–H and O–H groups in total. The van der Waals surface area contributed by atoms with Crippen molar-refractivity contribution >= 4 is 28.1 Å². The molecule has 4 rings (SSSR count). The maximum absolute atomic E-state index is 12.9.